The first-order valence-electron chi connectivity index (χ1n) is 7.93. The van der Waals surface area contributed by atoms with E-state index in [1.807, 2.05) is 13.1 Å². The summed E-state index contributed by atoms with van der Waals surface area (Å²) in [5, 5.41) is 15.8. The van der Waals surface area contributed by atoms with Gasteiger partial charge >= 0.3 is 0 Å². The van der Waals surface area contributed by atoms with Gasteiger partial charge in [0.25, 0.3) is 0 Å². The van der Waals surface area contributed by atoms with Crippen molar-refractivity contribution < 1.29 is 9.50 Å². The topological polar surface area (TPSA) is 67.1 Å². The van der Waals surface area contributed by atoms with E-state index in [0.29, 0.717) is 42.7 Å². The SMILES string of the molecule is Cn1nccc1C1(O)CCN(c2ncnc3ccc(F)cc23)CC1. The minimum atomic E-state index is -0.893. The highest BCUT2D eigenvalue weighted by Gasteiger charge is 2.36. The predicted octanol–water partition coefficient (Wildman–Crippen LogP) is 1.99. The lowest BCUT2D eigenvalue weighted by Gasteiger charge is -2.38. The Hall–Kier alpha value is -2.54. The zero-order valence-corrected chi connectivity index (χ0v) is 13.4. The van der Waals surface area contributed by atoms with E-state index >= 15 is 0 Å². The molecular formula is C17H18FN5O. The van der Waals surface area contributed by atoms with E-state index in [0.717, 1.165) is 5.69 Å². The van der Waals surface area contributed by atoms with Gasteiger partial charge in [-0.05, 0) is 37.1 Å². The van der Waals surface area contributed by atoms with Crippen LogP contribution < -0.4 is 4.90 Å². The molecule has 1 aromatic carbocycles. The number of fused-ring (bicyclic) bond motifs is 1. The maximum Gasteiger partial charge on any atom is 0.139 e. The number of hydrogen-bond acceptors (Lipinski definition) is 5. The second-order valence-electron chi connectivity index (χ2n) is 6.22. The second kappa shape index (κ2) is 5.52. The molecule has 7 heteroatoms. The van der Waals surface area contributed by atoms with Crippen molar-refractivity contribution in [1.82, 2.24) is 19.7 Å². The number of nitrogens with zero attached hydrogens (tertiary/aromatic N) is 5. The van der Waals surface area contributed by atoms with Crippen molar-refractivity contribution in [2.45, 2.75) is 18.4 Å². The van der Waals surface area contributed by atoms with Crippen molar-refractivity contribution in [2.24, 2.45) is 7.05 Å². The molecule has 1 fully saturated rings. The number of piperidine rings is 1. The summed E-state index contributed by atoms with van der Waals surface area (Å²) in [5.41, 5.74) is 0.644. The molecule has 0 spiro atoms. The Labute approximate surface area is 138 Å². The maximum atomic E-state index is 13.6. The minimum Gasteiger partial charge on any atom is -0.383 e. The van der Waals surface area contributed by atoms with E-state index in [9.17, 15) is 9.50 Å². The smallest absolute Gasteiger partial charge is 0.139 e. The van der Waals surface area contributed by atoms with Gasteiger partial charge in [0.05, 0.1) is 11.2 Å². The van der Waals surface area contributed by atoms with Gasteiger partial charge in [-0.15, -0.1) is 0 Å². The molecule has 0 bridgehead atoms. The number of aryl methyl sites for hydroxylation is 1. The third-order valence-corrected chi connectivity index (χ3v) is 4.76. The number of hydrogen-bond donors (Lipinski definition) is 1. The molecule has 124 valence electrons. The Morgan fingerprint density at radius 3 is 2.67 bits per heavy atom. The first-order chi connectivity index (χ1) is 11.6. The summed E-state index contributed by atoms with van der Waals surface area (Å²) in [5.74, 6) is 0.411. The molecule has 0 radical (unpaired) electrons. The Bertz CT molecular complexity index is 886. The summed E-state index contributed by atoms with van der Waals surface area (Å²) >= 11 is 0. The number of benzene rings is 1. The Morgan fingerprint density at radius 2 is 1.96 bits per heavy atom. The number of halogens is 1. The highest BCUT2D eigenvalue weighted by atomic mass is 19.1. The minimum absolute atomic E-state index is 0.304. The summed E-state index contributed by atoms with van der Waals surface area (Å²) in [6, 6.07) is 6.37. The van der Waals surface area contributed by atoms with E-state index in [1.54, 1.807) is 16.9 Å². The van der Waals surface area contributed by atoms with Crippen LogP contribution in [0.15, 0.2) is 36.8 Å². The van der Waals surface area contributed by atoms with Crippen LogP contribution in [0.4, 0.5) is 10.2 Å². The van der Waals surface area contributed by atoms with Crippen molar-refractivity contribution in [1.29, 1.82) is 0 Å². The molecule has 24 heavy (non-hydrogen) atoms. The van der Waals surface area contributed by atoms with E-state index in [1.165, 1.54) is 18.5 Å². The van der Waals surface area contributed by atoms with Gasteiger partial charge < -0.3 is 10.0 Å². The van der Waals surface area contributed by atoms with Crippen molar-refractivity contribution in [3.8, 4) is 0 Å². The fraction of sp³-hybridized carbons (Fsp3) is 0.353. The molecule has 6 nitrogen and oxygen atoms in total. The molecule has 3 heterocycles. The van der Waals surface area contributed by atoms with Gasteiger partial charge in [0.15, 0.2) is 0 Å². The van der Waals surface area contributed by atoms with Gasteiger partial charge in [-0.3, -0.25) is 4.68 Å². The normalized spacial score (nSPS) is 17.4. The Morgan fingerprint density at radius 1 is 1.17 bits per heavy atom. The fourth-order valence-corrected chi connectivity index (χ4v) is 3.44. The van der Waals surface area contributed by atoms with Crippen LogP contribution in [0.25, 0.3) is 10.9 Å². The lowest BCUT2D eigenvalue weighted by molar-refractivity contribution is 0.00407. The van der Waals surface area contributed by atoms with Crippen LogP contribution >= 0.6 is 0 Å². The van der Waals surface area contributed by atoms with Crippen LogP contribution in [0.1, 0.15) is 18.5 Å². The molecule has 0 saturated carbocycles. The number of rotatable bonds is 2. The Balaban J connectivity index is 1.63. The van der Waals surface area contributed by atoms with Crippen LogP contribution in [-0.4, -0.2) is 37.9 Å². The largest absolute Gasteiger partial charge is 0.383 e. The zero-order valence-electron chi connectivity index (χ0n) is 13.4. The average molecular weight is 327 g/mol. The summed E-state index contributed by atoms with van der Waals surface area (Å²) in [6.45, 7) is 1.26. The van der Waals surface area contributed by atoms with E-state index in [-0.39, 0.29) is 5.82 Å². The molecule has 1 aliphatic heterocycles. The highest BCUT2D eigenvalue weighted by molar-refractivity contribution is 5.89. The molecule has 2 aromatic heterocycles. The molecule has 0 aliphatic carbocycles. The van der Waals surface area contributed by atoms with Gasteiger partial charge in [-0.2, -0.15) is 5.10 Å². The Kier molecular flexibility index (Phi) is 3.45. The third-order valence-electron chi connectivity index (χ3n) is 4.76. The highest BCUT2D eigenvalue weighted by Crippen LogP contribution is 2.35. The molecule has 0 amide bonds. The van der Waals surface area contributed by atoms with Gasteiger partial charge in [-0.25, -0.2) is 14.4 Å². The van der Waals surface area contributed by atoms with Crippen LogP contribution in [0.3, 0.4) is 0 Å². The van der Waals surface area contributed by atoms with Gasteiger partial charge in [0.2, 0.25) is 0 Å². The summed E-state index contributed by atoms with van der Waals surface area (Å²) in [7, 11) is 1.83. The van der Waals surface area contributed by atoms with Crippen LogP contribution in [0, 0.1) is 5.82 Å². The molecule has 1 saturated heterocycles. The monoisotopic (exact) mass is 327 g/mol. The van der Waals surface area contributed by atoms with E-state index in [2.05, 4.69) is 20.0 Å². The molecule has 3 aromatic rings. The zero-order chi connectivity index (χ0) is 16.7. The first-order valence-corrected chi connectivity index (χ1v) is 7.93. The molecule has 0 atom stereocenters. The summed E-state index contributed by atoms with van der Waals surface area (Å²) < 4.78 is 15.3. The van der Waals surface area contributed by atoms with E-state index < -0.39 is 5.60 Å². The van der Waals surface area contributed by atoms with Crippen LogP contribution in [0.5, 0.6) is 0 Å². The van der Waals surface area contributed by atoms with Crippen molar-refractivity contribution in [3.63, 3.8) is 0 Å². The summed E-state index contributed by atoms with van der Waals surface area (Å²) in [4.78, 5) is 10.6. The number of aliphatic hydroxyl groups is 1. The predicted molar refractivity (Wildman–Crippen MR) is 88.0 cm³/mol. The summed E-state index contributed by atoms with van der Waals surface area (Å²) in [6.07, 6.45) is 4.32. The van der Waals surface area contributed by atoms with Gasteiger partial charge in [0, 0.05) is 31.7 Å². The van der Waals surface area contributed by atoms with Crippen molar-refractivity contribution in [2.75, 3.05) is 18.0 Å². The standard InChI is InChI=1S/C17H18FN5O/c1-22-15(4-7-21-22)17(24)5-8-23(9-6-17)16-13-10-12(18)2-3-14(13)19-11-20-16/h2-4,7,10-11,24H,5-6,8-9H2,1H3. The van der Waals surface area contributed by atoms with Gasteiger partial charge in [-0.1, -0.05) is 0 Å². The van der Waals surface area contributed by atoms with E-state index in [4.69, 9.17) is 0 Å². The third kappa shape index (κ3) is 2.41. The lowest BCUT2D eigenvalue weighted by atomic mass is 9.88. The van der Waals surface area contributed by atoms with Crippen LogP contribution in [-0.2, 0) is 12.6 Å². The number of anilines is 1. The lowest BCUT2D eigenvalue weighted by Crippen LogP contribution is -2.44. The van der Waals surface area contributed by atoms with Crippen LogP contribution in [0.2, 0.25) is 0 Å². The maximum absolute atomic E-state index is 13.6. The molecule has 0 unspecified atom stereocenters. The molecular weight excluding hydrogens is 309 g/mol. The molecule has 4 rings (SSSR count). The first kappa shape index (κ1) is 15.0. The average Bonchev–Trinajstić information content (AvgIpc) is 3.02. The number of aromatic nitrogens is 4. The molecule has 1 N–H and O–H groups in total. The molecule has 1 aliphatic rings. The second-order valence-corrected chi connectivity index (χ2v) is 6.22. The van der Waals surface area contributed by atoms with Gasteiger partial charge in [0.1, 0.15) is 23.6 Å². The quantitative estimate of drug-likeness (QED) is 0.780. The van der Waals surface area contributed by atoms with Crippen molar-refractivity contribution in [3.05, 3.63) is 48.3 Å². The fourth-order valence-electron chi connectivity index (χ4n) is 3.44. The van der Waals surface area contributed by atoms with Crippen molar-refractivity contribution >= 4 is 16.7 Å².